The molecule has 0 amide bonds. The molecule has 120 valence electrons. The van der Waals surface area contributed by atoms with Crippen molar-refractivity contribution in [2.45, 2.75) is 12.5 Å². The number of rotatable bonds is 3. The van der Waals surface area contributed by atoms with Gasteiger partial charge < -0.3 is 10.1 Å². The molecule has 0 radical (unpaired) electrons. The number of halogens is 1. The predicted octanol–water partition coefficient (Wildman–Crippen LogP) is 3.06. The summed E-state index contributed by atoms with van der Waals surface area (Å²) in [4.78, 5) is 8.53. The molecule has 0 unspecified atom stereocenters. The van der Waals surface area contributed by atoms with Crippen LogP contribution in [0, 0.1) is 6.92 Å². The Morgan fingerprint density at radius 2 is 1.87 bits per heavy atom. The lowest BCUT2D eigenvalue weighted by atomic mass is 9.84. The van der Waals surface area contributed by atoms with Gasteiger partial charge in [0.25, 0.3) is 0 Å². The van der Waals surface area contributed by atoms with Crippen molar-refractivity contribution in [2.75, 3.05) is 27.3 Å². The Balaban J connectivity index is 1.93. The molecule has 4 nitrogen and oxygen atoms in total. The van der Waals surface area contributed by atoms with Crippen LogP contribution in [0.2, 0.25) is 5.02 Å². The fourth-order valence-corrected chi connectivity index (χ4v) is 3.15. The third-order valence-electron chi connectivity index (χ3n) is 4.32. The fourth-order valence-electron chi connectivity index (χ4n) is 2.97. The van der Waals surface area contributed by atoms with Crippen LogP contribution in [0.1, 0.15) is 11.1 Å². The quantitative estimate of drug-likeness (QED) is 0.866. The van der Waals surface area contributed by atoms with Gasteiger partial charge >= 0.3 is 0 Å². The third-order valence-corrected chi connectivity index (χ3v) is 4.73. The van der Waals surface area contributed by atoms with Crippen molar-refractivity contribution in [3.8, 4) is 0 Å². The van der Waals surface area contributed by atoms with E-state index in [1.165, 1.54) is 5.56 Å². The Morgan fingerprint density at radius 1 is 1.13 bits per heavy atom. The Morgan fingerprint density at radius 3 is 2.48 bits per heavy atom. The van der Waals surface area contributed by atoms with Gasteiger partial charge in [0.2, 0.25) is 0 Å². The molecule has 1 N–H and O–H groups in total. The van der Waals surface area contributed by atoms with Crippen LogP contribution in [-0.4, -0.2) is 38.7 Å². The van der Waals surface area contributed by atoms with Gasteiger partial charge in [-0.25, -0.2) is 0 Å². The van der Waals surface area contributed by atoms with E-state index in [1.807, 2.05) is 37.3 Å². The highest BCUT2D eigenvalue weighted by atomic mass is 35.5. The minimum absolute atomic E-state index is 0.245. The zero-order valence-electron chi connectivity index (χ0n) is 13.6. The first kappa shape index (κ1) is 16.0. The fraction of sp³-hybridized carbons (Fsp3) is 0.333. The van der Waals surface area contributed by atoms with Gasteiger partial charge in [0.15, 0.2) is 0 Å². The summed E-state index contributed by atoms with van der Waals surface area (Å²) in [6.07, 6.45) is 6.02. The lowest BCUT2D eigenvalue weighted by Crippen LogP contribution is -2.57. The van der Waals surface area contributed by atoms with E-state index in [4.69, 9.17) is 16.3 Å². The molecular formula is C18H20ClN3O. The van der Waals surface area contributed by atoms with E-state index in [0.717, 1.165) is 27.7 Å². The summed E-state index contributed by atoms with van der Waals surface area (Å²) in [5.74, 6) is 0. The molecule has 1 fully saturated rings. The first-order valence-corrected chi connectivity index (χ1v) is 7.93. The van der Waals surface area contributed by atoms with Gasteiger partial charge in [-0.1, -0.05) is 23.7 Å². The Bertz CT molecular complexity index is 743. The summed E-state index contributed by atoms with van der Waals surface area (Å²) >= 11 is 6.30. The number of nitrogens with one attached hydrogen (secondary N) is 1. The second-order valence-electron chi connectivity index (χ2n) is 5.76. The van der Waals surface area contributed by atoms with Crippen molar-refractivity contribution in [3.63, 3.8) is 0 Å². The molecular weight excluding hydrogens is 310 g/mol. The molecule has 1 aliphatic heterocycles. The monoisotopic (exact) mass is 329 g/mol. The van der Waals surface area contributed by atoms with E-state index in [-0.39, 0.29) is 5.54 Å². The summed E-state index contributed by atoms with van der Waals surface area (Å²) in [6, 6.07) is 6.01. The van der Waals surface area contributed by atoms with E-state index >= 15 is 0 Å². The van der Waals surface area contributed by atoms with E-state index in [1.54, 1.807) is 14.1 Å². The van der Waals surface area contributed by atoms with Crippen LogP contribution in [-0.2, 0) is 10.3 Å². The van der Waals surface area contributed by atoms with Crippen molar-refractivity contribution in [1.82, 2.24) is 5.32 Å². The molecule has 1 aromatic carbocycles. The summed E-state index contributed by atoms with van der Waals surface area (Å²) in [5, 5.41) is 4.39. The molecule has 2 aliphatic rings. The molecule has 0 spiro atoms. The third kappa shape index (κ3) is 2.84. The zero-order valence-corrected chi connectivity index (χ0v) is 14.3. The predicted molar refractivity (Wildman–Crippen MR) is 95.8 cm³/mol. The number of allylic oxidation sites excluding steroid dienone is 3. The molecule has 1 saturated heterocycles. The van der Waals surface area contributed by atoms with Crippen LogP contribution in [0.5, 0.6) is 0 Å². The molecule has 3 rings (SSSR count). The van der Waals surface area contributed by atoms with E-state index in [0.29, 0.717) is 13.2 Å². The smallest absolute Gasteiger partial charge is 0.110 e. The Kier molecular flexibility index (Phi) is 4.37. The highest BCUT2D eigenvalue weighted by Crippen LogP contribution is 2.35. The standard InChI is InChI=1S/C18H20ClN3O/c1-12-14(5-4-6-15(12)19)18(10-23-11-18)22-13-7-8-16(20-2)17(9-13)21-3/h4-9,22H,10-11H2,1-3H3. The summed E-state index contributed by atoms with van der Waals surface area (Å²) in [6.45, 7) is 3.28. The SMILES string of the molecule is CN=C1C=CC(NC2(c3cccc(Cl)c3C)COC2)=CC1=NC. The van der Waals surface area contributed by atoms with Crippen LogP contribution < -0.4 is 5.32 Å². The van der Waals surface area contributed by atoms with E-state index in [9.17, 15) is 0 Å². The molecule has 0 bridgehead atoms. The average Bonchev–Trinajstić information content (AvgIpc) is 2.53. The normalized spacial score (nSPS) is 22.9. The van der Waals surface area contributed by atoms with Crippen molar-refractivity contribution >= 4 is 23.0 Å². The Hall–Kier alpha value is -1.91. The maximum atomic E-state index is 6.30. The molecule has 1 heterocycles. The maximum absolute atomic E-state index is 6.30. The van der Waals surface area contributed by atoms with Crippen molar-refractivity contribution in [3.05, 3.63) is 58.3 Å². The number of hydrogen-bond donors (Lipinski definition) is 1. The maximum Gasteiger partial charge on any atom is 0.110 e. The van der Waals surface area contributed by atoms with Crippen molar-refractivity contribution in [2.24, 2.45) is 9.98 Å². The van der Waals surface area contributed by atoms with Crippen molar-refractivity contribution in [1.29, 1.82) is 0 Å². The van der Waals surface area contributed by atoms with Crippen LogP contribution in [0.4, 0.5) is 0 Å². The molecule has 1 aromatic rings. The minimum atomic E-state index is -0.245. The first-order chi connectivity index (χ1) is 11.1. The van der Waals surface area contributed by atoms with E-state index < -0.39 is 0 Å². The van der Waals surface area contributed by atoms with Gasteiger partial charge in [-0.3, -0.25) is 9.98 Å². The van der Waals surface area contributed by atoms with Gasteiger partial charge in [-0.15, -0.1) is 0 Å². The summed E-state index contributed by atoms with van der Waals surface area (Å²) in [7, 11) is 3.55. The van der Waals surface area contributed by atoms with Crippen molar-refractivity contribution < 1.29 is 4.74 Å². The molecule has 23 heavy (non-hydrogen) atoms. The second kappa shape index (κ2) is 6.30. The largest absolute Gasteiger partial charge is 0.376 e. The average molecular weight is 330 g/mol. The highest BCUT2D eigenvalue weighted by Gasteiger charge is 2.42. The highest BCUT2D eigenvalue weighted by molar-refractivity contribution is 6.51. The van der Waals surface area contributed by atoms with Crippen LogP contribution >= 0.6 is 11.6 Å². The number of hydrogen-bond acceptors (Lipinski definition) is 4. The minimum Gasteiger partial charge on any atom is -0.376 e. The molecule has 0 saturated carbocycles. The number of nitrogens with zero attached hydrogens (tertiary/aromatic N) is 2. The topological polar surface area (TPSA) is 46.0 Å². The summed E-state index contributed by atoms with van der Waals surface area (Å²) < 4.78 is 5.51. The first-order valence-electron chi connectivity index (χ1n) is 7.55. The number of benzene rings is 1. The van der Waals surface area contributed by atoms with Gasteiger partial charge in [-0.05, 0) is 42.3 Å². The van der Waals surface area contributed by atoms with Gasteiger partial charge in [0, 0.05) is 24.8 Å². The lowest BCUT2D eigenvalue weighted by Gasteiger charge is -2.44. The van der Waals surface area contributed by atoms with Gasteiger partial charge in [0.1, 0.15) is 5.54 Å². The Labute approximate surface area is 141 Å². The van der Waals surface area contributed by atoms with Crippen LogP contribution in [0.3, 0.4) is 0 Å². The molecule has 5 heteroatoms. The lowest BCUT2D eigenvalue weighted by molar-refractivity contribution is -0.0732. The van der Waals surface area contributed by atoms with E-state index in [2.05, 4.69) is 21.4 Å². The molecule has 1 aliphatic carbocycles. The second-order valence-corrected chi connectivity index (χ2v) is 6.17. The number of ether oxygens (including phenoxy) is 1. The van der Waals surface area contributed by atoms with Gasteiger partial charge in [-0.2, -0.15) is 0 Å². The number of aliphatic imine (C=N–C) groups is 2. The molecule has 0 aromatic heterocycles. The van der Waals surface area contributed by atoms with Crippen LogP contribution in [0.15, 0.2) is 52.1 Å². The summed E-state index contributed by atoms with van der Waals surface area (Å²) in [5.41, 5.74) is 4.78. The van der Waals surface area contributed by atoms with Crippen LogP contribution in [0.25, 0.3) is 0 Å². The van der Waals surface area contributed by atoms with Gasteiger partial charge in [0.05, 0.1) is 24.6 Å². The zero-order chi connectivity index (χ0) is 16.4. The molecule has 0 atom stereocenters.